The maximum atomic E-state index is 13.2. The number of benzene rings is 2. The number of thioether (sulfide) groups is 1. The van der Waals surface area contributed by atoms with Gasteiger partial charge in [0.05, 0.1) is 28.4 Å². The van der Waals surface area contributed by atoms with Crippen molar-refractivity contribution in [3.8, 4) is 0 Å². The SMILES string of the molecule is CCCN(Cc1nc2cc(Cl)ccc2c(=O)[nH]1)C(=O)c1ccc2c(c1)NC(=O)[C@@H](C)S2. The first-order valence-electron chi connectivity index (χ1n) is 9.95. The monoisotopic (exact) mass is 456 g/mol. The van der Waals surface area contributed by atoms with Crippen LogP contribution < -0.4 is 10.9 Å². The number of amides is 2. The van der Waals surface area contributed by atoms with Crippen molar-refractivity contribution in [2.45, 2.75) is 37.0 Å². The van der Waals surface area contributed by atoms with Crippen molar-refractivity contribution in [1.29, 1.82) is 0 Å². The largest absolute Gasteiger partial charge is 0.331 e. The van der Waals surface area contributed by atoms with E-state index in [1.807, 2.05) is 19.9 Å². The molecule has 4 rings (SSSR count). The van der Waals surface area contributed by atoms with Gasteiger partial charge in [-0.2, -0.15) is 0 Å². The second-order valence-electron chi connectivity index (χ2n) is 7.36. The molecule has 9 heteroatoms. The van der Waals surface area contributed by atoms with Crippen LogP contribution in [0.2, 0.25) is 5.02 Å². The molecule has 0 aliphatic carbocycles. The summed E-state index contributed by atoms with van der Waals surface area (Å²) >= 11 is 7.51. The first-order valence-corrected chi connectivity index (χ1v) is 11.2. The second-order valence-corrected chi connectivity index (χ2v) is 9.18. The van der Waals surface area contributed by atoms with Crippen LogP contribution in [0.25, 0.3) is 10.9 Å². The molecule has 0 unspecified atom stereocenters. The Hall–Kier alpha value is -2.84. The van der Waals surface area contributed by atoms with E-state index in [4.69, 9.17) is 11.6 Å². The lowest BCUT2D eigenvalue weighted by Gasteiger charge is -2.24. The zero-order valence-corrected chi connectivity index (χ0v) is 18.6. The zero-order valence-electron chi connectivity index (χ0n) is 17.1. The van der Waals surface area contributed by atoms with Gasteiger partial charge in [0, 0.05) is 22.0 Å². The molecule has 2 heterocycles. The summed E-state index contributed by atoms with van der Waals surface area (Å²) in [6.07, 6.45) is 0.741. The van der Waals surface area contributed by atoms with Gasteiger partial charge in [0.25, 0.3) is 11.5 Å². The van der Waals surface area contributed by atoms with Gasteiger partial charge in [-0.05, 0) is 49.7 Å². The lowest BCUT2D eigenvalue weighted by atomic mass is 10.1. The molecule has 0 saturated carbocycles. The first-order chi connectivity index (χ1) is 14.9. The number of anilines is 1. The summed E-state index contributed by atoms with van der Waals surface area (Å²) in [7, 11) is 0. The van der Waals surface area contributed by atoms with Crippen LogP contribution in [-0.4, -0.2) is 38.5 Å². The van der Waals surface area contributed by atoms with Gasteiger partial charge in [-0.3, -0.25) is 14.4 Å². The number of rotatable bonds is 5. The Labute approximate surface area is 188 Å². The van der Waals surface area contributed by atoms with Crippen molar-refractivity contribution in [2.24, 2.45) is 0 Å². The van der Waals surface area contributed by atoms with E-state index >= 15 is 0 Å². The Morgan fingerprint density at radius 2 is 2.03 bits per heavy atom. The van der Waals surface area contributed by atoms with Gasteiger partial charge in [0.1, 0.15) is 5.82 Å². The smallest absolute Gasteiger partial charge is 0.258 e. The van der Waals surface area contributed by atoms with Gasteiger partial charge in [-0.25, -0.2) is 4.98 Å². The van der Waals surface area contributed by atoms with Gasteiger partial charge in [0.15, 0.2) is 0 Å². The molecule has 1 aliphatic heterocycles. The van der Waals surface area contributed by atoms with E-state index in [2.05, 4.69) is 15.3 Å². The van der Waals surface area contributed by atoms with Crippen molar-refractivity contribution in [3.05, 3.63) is 63.2 Å². The number of aromatic amines is 1. The minimum absolute atomic E-state index is 0.0795. The number of carbonyl (C=O) groups excluding carboxylic acids is 2. The minimum Gasteiger partial charge on any atom is -0.331 e. The summed E-state index contributed by atoms with van der Waals surface area (Å²) in [6, 6.07) is 10.2. The van der Waals surface area contributed by atoms with Crippen LogP contribution in [0.15, 0.2) is 46.1 Å². The average Bonchev–Trinajstić information content (AvgIpc) is 2.73. The fourth-order valence-corrected chi connectivity index (χ4v) is 4.56. The molecule has 1 aromatic heterocycles. The van der Waals surface area contributed by atoms with Crippen LogP contribution in [0.1, 0.15) is 36.5 Å². The Kier molecular flexibility index (Phi) is 6.02. The molecule has 2 amide bonds. The number of hydrogen-bond acceptors (Lipinski definition) is 5. The van der Waals surface area contributed by atoms with E-state index < -0.39 is 0 Å². The van der Waals surface area contributed by atoms with Crippen molar-refractivity contribution in [1.82, 2.24) is 14.9 Å². The van der Waals surface area contributed by atoms with E-state index in [0.717, 1.165) is 11.3 Å². The molecule has 1 atom stereocenters. The van der Waals surface area contributed by atoms with Crippen LogP contribution >= 0.6 is 23.4 Å². The zero-order chi connectivity index (χ0) is 22.1. The summed E-state index contributed by atoms with van der Waals surface area (Å²) in [5, 5.41) is 3.61. The highest BCUT2D eigenvalue weighted by Gasteiger charge is 2.25. The van der Waals surface area contributed by atoms with E-state index in [1.54, 1.807) is 35.2 Å². The fraction of sp³-hybridized carbons (Fsp3) is 0.273. The molecule has 0 fully saturated rings. The third-order valence-corrected chi connectivity index (χ3v) is 6.41. The van der Waals surface area contributed by atoms with Crippen LogP contribution in [0.4, 0.5) is 5.69 Å². The Morgan fingerprint density at radius 3 is 2.81 bits per heavy atom. The number of H-pyrrole nitrogens is 1. The second kappa shape index (κ2) is 8.72. The van der Waals surface area contributed by atoms with Gasteiger partial charge in [-0.1, -0.05) is 18.5 Å². The Balaban J connectivity index is 1.63. The quantitative estimate of drug-likeness (QED) is 0.603. The Morgan fingerprint density at radius 1 is 1.23 bits per heavy atom. The summed E-state index contributed by atoms with van der Waals surface area (Å²) in [6.45, 7) is 4.46. The predicted molar refractivity (Wildman–Crippen MR) is 123 cm³/mol. The third-order valence-electron chi connectivity index (χ3n) is 5.00. The molecule has 160 valence electrons. The molecular formula is C22H21ClN4O3S. The van der Waals surface area contributed by atoms with Crippen LogP contribution in [0, 0.1) is 0 Å². The summed E-state index contributed by atoms with van der Waals surface area (Å²) in [4.78, 5) is 47.5. The van der Waals surface area contributed by atoms with Crippen molar-refractivity contribution in [3.63, 3.8) is 0 Å². The van der Waals surface area contributed by atoms with E-state index in [-0.39, 0.29) is 29.2 Å². The van der Waals surface area contributed by atoms with Crippen molar-refractivity contribution < 1.29 is 9.59 Å². The molecule has 3 aromatic rings. The van der Waals surface area contributed by atoms with E-state index in [1.165, 1.54) is 11.8 Å². The molecule has 1 aliphatic rings. The van der Waals surface area contributed by atoms with Gasteiger partial charge < -0.3 is 15.2 Å². The van der Waals surface area contributed by atoms with Crippen LogP contribution in [0.3, 0.4) is 0 Å². The average molecular weight is 457 g/mol. The molecule has 2 N–H and O–H groups in total. The molecule has 0 saturated heterocycles. The van der Waals surface area contributed by atoms with E-state index in [0.29, 0.717) is 39.5 Å². The molecule has 7 nitrogen and oxygen atoms in total. The maximum Gasteiger partial charge on any atom is 0.258 e. The van der Waals surface area contributed by atoms with Gasteiger partial charge >= 0.3 is 0 Å². The molecule has 31 heavy (non-hydrogen) atoms. The van der Waals surface area contributed by atoms with Gasteiger partial charge in [-0.15, -0.1) is 11.8 Å². The number of carbonyl (C=O) groups is 2. The lowest BCUT2D eigenvalue weighted by Crippen LogP contribution is -2.33. The topological polar surface area (TPSA) is 95.2 Å². The summed E-state index contributed by atoms with van der Waals surface area (Å²) < 4.78 is 0. The molecule has 0 spiro atoms. The standard InChI is InChI=1S/C22H21ClN4O3S/c1-3-8-27(11-19-24-16-10-14(23)5-6-15(16)21(29)26-19)22(30)13-4-7-18-17(9-13)25-20(28)12(2)31-18/h4-7,9-10,12H,3,8,11H2,1-2H3,(H,25,28)(H,24,26,29)/t12-/m1/s1. The normalized spacial score (nSPS) is 15.5. The number of hydrogen-bond donors (Lipinski definition) is 2. The van der Waals surface area contributed by atoms with Gasteiger partial charge in [0.2, 0.25) is 5.91 Å². The predicted octanol–water partition coefficient (Wildman–Crippen LogP) is 4.06. The fourth-order valence-electron chi connectivity index (χ4n) is 3.46. The number of aromatic nitrogens is 2. The first kappa shape index (κ1) is 21.4. The number of nitrogens with zero attached hydrogens (tertiary/aromatic N) is 2. The van der Waals surface area contributed by atoms with Crippen molar-refractivity contribution >= 4 is 51.8 Å². The highest BCUT2D eigenvalue weighted by atomic mass is 35.5. The highest BCUT2D eigenvalue weighted by Crippen LogP contribution is 2.36. The number of nitrogens with one attached hydrogen (secondary N) is 2. The van der Waals surface area contributed by atoms with Crippen molar-refractivity contribution in [2.75, 3.05) is 11.9 Å². The number of halogens is 1. The minimum atomic E-state index is -0.275. The molecule has 2 aromatic carbocycles. The highest BCUT2D eigenvalue weighted by molar-refractivity contribution is 8.00. The number of fused-ring (bicyclic) bond motifs is 2. The summed E-state index contributed by atoms with van der Waals surface area (Å²) in [5.41, 5.74) is 1.32. The Bertz CT molecular complexity index is 1240. The molecule has 0 radical (unpaired) electrons. The molecular weight excluding hydrogens is 436 g/mol. The lowest BCUT2D eigenvalue weighted by molar-refractivity contribution is -0.115. The van der Waals surface area contributed by atoms with E-state index in [9.17, 15) is 14.4 Å². The molecule has 0 bridgehead atoms. The van der Waals surface area contributed by atoms with Crippen LogP contribution in [0.5, 0.6) is 0 Å². The third kappa shape index (κ3) is 4.45. The summed E-state index contributed by atoms with van der Waals surface area (Å²) in [5.74, 6) is 0.109. The maximum absolute atomic E-state index is 13.2. The van der Waals surface area contributed by atoms with Crippen LogP contribution in [-0.2, 0) is 11.3 Å².